The first-order valence-electron chi connectivity index (χ1n) is 1.61. The van der Waals surface area contributed by atoms with Crippen LogP contribution in [0, 0.1) is 0 Å². The van der Waals surface area contributed by atoms with Gasteiger partial charge in [0, 0.05) is 10.0 Å². The fraction of sp³-hybridized carbons (Fsp3) is 1.00. The summed E-state index contributed by atoms with van der Waals surface area (Å²) in [5.41, 5.74) is 7.70. The van der Waals surface area contributed by atoms with Crippen LogP contribution < -0.4 is 0 Å². The average molecular weight is 189 g/mol. The molecule has 8 heteroatoms. The predicted octanol–water partition coefficient (Wildman–Crippen LogP) is 2.12. The third-order valence-electron chi connectivity index (χ3n) is 0.395. The molecule has 0 aromatic rings. The molecule has 1 N–H and O–H groups in total. The number of azide groups is 1. The van der Waals surface area contributed by atoms with Gasteiger partial charge in [-0.2, -0.15) is 4.89 Å². The fourth-order valence-corrected chi connectivity index (χ4v) is 0.276. The van der Waals surface area contributed by atoms with E-state index in [9.17, 15) is 4.57 Å². The minimum atomic E-state index is -2.89. The number of nitrogens with zero attached hydrogens (tertiary/aromatic N) is 3. The van der Waals surface area contributed by atoms with Crippen LogP contribution in [0.1, 0.15) is 0 Å². The van der Waals surface area contributed by atoms with E-state index in [1.165, 1.54) is 0 Å². The van der Waals surface area contributed by atoms with Crippen molar-refractivity contribution in [3.8, 4) is 0 Å². The van der Waals surface area contributed by atoms with Gasteiger partial charge in [-0.25, -0.2) is 0 Å². The van der Waals surface area contributed by atoms with Crippen molar-refractivity contribution in [3.05, 3.63) is 10.4 Å². The van der Waals surface area contributed by atoms with E-state index in [4.69, 9.17) is 33.6 Å². The van der Waals surface area contributed by atoms with E-state index < -0.39 is 12.2 Å². The Balaban J connectivity index is 4.37. The summed E-state index contributed by atoms with van der Waals surface area (Å²) < 4.78 is 7.80. The summed E-state index contributed by atoms with van der Waals surface area (Å²) in [6.45, 7) is 0. The highest BCUT2D eigenvalue weighted by molar-refractivity contribution is 7.45. The monoisotopic (exact) mass is 188 g/mol. The smallest absolute Gasteiger partial charge is 0.158 e. The van der Waals surface area contributed by atoms with E-state index in [1.54, 1.807) is 0 Å². The number of rotatable bonds is 2. The molecule has 0 saturated heterocycles. The van der Waals surface area contributed by atoms with Crippen LogP contribution in [-0.4, -0.2) is 9.09 Å². The van der Waals surface area contributed by atoms with Crippen LogP contribution in [0.25, 0.3) is 10.4 Å². The van der Waals surface area contributed by atoms with Crippen LogP contribution in [0.5, 0.6) is 0 Å². The molecule has 0 spiro atoms. The molecule has 0 aromatic carbocycles. The average Bonchev–Trinajstić information content (AvgIpc) is 1.65. The van der Waals surface area contributed by atoms with Crippen LogP contribution in [0.2, 0.25) is 0 Å². The van der Waals surface area contributed by atoms with Crippen molar-refractivity contribution in [3.63, 3.8) is 0 Å². The molecule has 0 fully saturated rings. The molecule has 9 heavy (non-hydrogen) atoms. The Bertz CT molecular complexity index is 171. The molecule has 0 aliphatic heterocycles. The molecular weight excluding hydrogens is 188 g/mol. The van der Waals surface area contributed by atoms with Crippen LogP contribution in [0.3, 0.4) is 0 Å². The Morgan fingerprint density at radius 3 is 2.33 bits per heavy atom. The zero-order valence-corrected chi connectivity index (χ0v) is 6.31. The molecule has 0 aromatic heterocycles. The van der Waals surface area contributed by atoms with Gasteiger partial charge in [-0.05, 0) is 33.3 Å². The molecule has 5 nitrogen and oxygen atoms in total. The summed E-state index contributed by atoms with van der Waals surface area (Å²) in [6.07, 6.45) is 0. The molecule has 0 rings (SSSR count). The molecule has 1 atom stereocenters. The van der Waals surface area contributed by atoms with Gasteiger partial charge >= 0.3 is 12.2 Å². The fourth-order valence-electron chi connectivity index (χ4n) is 0.0921. The van der Waals surface area contributed by atoms with Gasteiger partial charge in [-0.15, -0.1) is 0 Å². The minimum absolute atomic E-state index is 2.15. The van der Waals surface area contributed by atoms with Crippen molar-refractivity contribution in [2.45, 2.75) is 4.20 Å². The zero-order valence-electron chi connectivity index (χ0n) is 3.90. The summed E-state index contributed by atoms with van der Waals surface area (Å²) in [5, 5.41) is 2.63. The predicted molar refractivity (Wildman–Crippen MR) is 33.4 cm³/mol. The highest BCUT2D eigenvalue weighted by atomic mass is 35.5. The Hall–Kier alpha value is -0.0500. The van der Waals surface area contributed by atoms with E-state index in [0.29, 0.717) is 0 Å². The Morgan fingerprint density at radius 2 is 2.22 bits per heavy atom. The minimum Gasteiger partial charge on any atom is -0.158 e. The molecule has 0 aliphatic rings. The summed E-state index contributed by atoms with van der Waals surface area (Å²) in [7, 11) is -2.89. The third-order valence-corrected chi connectivity index (χ3v) is 1.96. The molecular formula is CHCl2N3O2P+. The summed E-state index contributed by atoms with van der Waals surface area (Å²) in [6, 6.07) is 0. The quantitative estimate of drug-likeness (QED) is 0.180. The van der Waals surface area contributed by atoms with Crippen molar-refractivity contribution in [2.75, 3.05) is 0 Å². The van der Waals surface area contributed by atoms with E-state index >= 15 is 0 Å². The van der Waals surface area contributed by atoms with Crippen molar-refractivity contribution in [1.82, 2.24) is 0 Å². The molecule has 0 bridgehead atoms. The molecule has 0 heterocycles. The number of alkyl halides is 2. The van der Waals surface area contributed by atoms with Gasteiger partial charge in [0.25, 0.3) is 0 Å². The van der Waals surface area contributed by atoms with Gasteiger partial charge in [-0.1, -0.05) is 0 Å². The summed E-state index contributed by atoms with van der Waals surface area (Å²) in [4.78, 5) is 10.3. The largest absolute Gasteiger partial charge is 0.552 e. The second-order valence-corrected chi connectivity index (χ2v) is 3.98. The highest BCUT2D eigenvalue weighted by Crippen LogP contribution is 2.44. The maximum atomic E-state index is 10.0. The molecule has 0 aliphatic carbocycles. The van der Waals surface area contributed by atoms with E-state index in [-0.39, 0.29) is 0 Å². The molecule has 50 valence electrons. The second-order valence-electron chi connectivity index (χ2n) is 0.972. The van der Waals surface area contributed by atoms with E-state index in [1.807, 2.05) is 0 Å². The third kappa shape index (κ3) is 2.84. The number of hydrogen-bond acceptors (Lipinski definition) is 2. The van der Waals surface area contributed by atoms with Gasteiger partial charge in [0.05, 0.1) is 0 Å². The molecule has 0 amide bonds. The second kappa shape index (κ2) is 3.20. The maximum Gasteiger partial charge on any atom is 0.552 e. The number of halogens is 2. The summed E-state index contributed by atoms with van der Waals surface area (Å²) in [5.74, 6) is 0. The first kappa shape index (κ1) is 8.95. The topological polar surface area (TPSA) is 86.1 Å². The Morgan fingerprint density at radius 1 is 1.78 bits per heavy atom. The molecule has 0 radical (unpaired) electrons. The highest BCUT2D eigenvalue weighted by Gasteiger charge is 2.45. The zero-order chi connectivity index (χ0) is 7.49. The normalized spacial score (nSPS) is 12.1. The van der Waals surface area contributed by atoms with Gasteiger partial charge in [-0.3, -0.25) is 0 Å². The van der Waals surface area contributed by atoms with Crippen molar-refractivity contribution in [1.29, 1.82) is 0 Å². The molecule has 0 saturated carbocycles. The Kier molecular flexibility index (Phi) is 3.18. The van der Waals surface area contributed by atoms with Crippen LogP contribution in [0.4, 0.5) is 0 Å². The first-order valence-corrected chi connectivity index (χ1v) is 3.58. The van der Waals surface area contributed by atoms with E-state index in [0.717, 1.165) is 0 Å². The van der Waals surface area contributed by atoms with Crippen molar-refractivity contribution in [2.24, 2.45) is 5.11 Å². The van der Waals surface area contributed by atoms with Crippen LogP contribution >= 0.6 is 31.2 Å². The van der Waals surface area contributed by atoms with Crippen LogP contribution in [0.15, 0.2) is 5.11 Å². The molecule has 1 unspecified atom stereocenters. The lowest BCUT2D eigenvalue weighted by atomic mass is 11.4. The summed E-state index contributed by atoms with van der Waals surface area (Å²) >= 11 is 9.97. The number of hydrogen-bond donors (Lipinski definition) is 1. The van der Waals surface area contributed by atoms with Crippen molar-refractivity contribution < 1.29 is 9.46 Å². The van der Waals surface area contributed by atoms with Gasteiger partial charge in [0.15, 0.2) is 0 Å². The van der Waals surface area contributed by atoms with Crippen molar-refractivity contribution >= 4 is 31.2 Å². The lowest BCUT2D eigenvalue weighted by molar-refractivity contribution is 0.496. The SMILES string of the molecule is [N-]=[N+]=NC(Cl)(Cl)[P+](=O)O. The first-order chi connectivity index (χ1) is 4.00. The lowest BCUT2D eigenvalue weighted by Gasteiger charge is -1.90. The Labute approximate surface area is 61.1 Å². The van der Waals surface area contributed by atoms with E-state index in [2.05, 4.69) is 10.0 Å². The van der Waals surface area contributed by atoms with Gasteiger partial charge in [0.2, 0.25) is 0 Å². The van der Waals surface area contributed by atoms with Gasteiger partial charge in [0.1, 0.15) is 0 Å². The van der Waals surface area contributed by atoms with Gasteiger partial charge < -0.3 is 0 Å². The maximum absolute atomic E-state index is 10.0. The van der Waals surface area contributed by atoms with Crippen LogP contribution in [-0.2, 0) is 4.57 Å². The lowest BCUT2D eigenvalue weighted by Crippen LogP contribution is -1.98. The standard InChI is InChI=1S/CCl2N3O2P/c2-1(3,5-6-4)9(7)8/p+1.